The Morgan fingerprint density at radius 2 is 1.80 bits per heavy atom. The molecule has 0 aromatic carbocycles. The number of amides is 1. The highest BCUT2D eigenvalue weighted by Gasteiger charge is 2.43. The van der Waals surface area contributed by atoms with E-state index >= 15 is 0 Å². The first-order chi connectivity index (χ1) is 24.0. The minimum absolute atomic E-state index is 0.0992. The van der Waals surface area contributed by atoms with Gasteiger partial charge in [0.2, 0.25) is 0 Å². The molecule has 3 N–H and O–H groups in total. The second-order valence-corrected chi connectivity index (χ2v) is 14.2. The SMILES string of the molecule is Cc1[nH]c(=O)c(Nc2ccc(N3[C@@H]4CC[C@H]3CN(C3COC3)C4)cn2)cc1-c1ccnc(N2CCn3c(cc4c3CCCC4)C2=O)c1CO. The van der Waals surface area contributed by atoms with E-state index in [1.54, 1.807) is 17.2 Å². The number of nitrogens with one attached hydrogen (secondary N) is 2. The van der Waals surface area contributed by atoms with Crippen LogP contribution in [-0.2, 0) is 30.7 Å². The number of ether oxygens (including phenoxy) is 1. The van der Waals surface area contributed by atoms with E-state index in [1.165, 1.54) is 24.1 Å². The van der Waals surface area contributed by atoms with Crippen molar-refractivity contribution in [1.82, 2.24) is 24.4 Å². The number of pyridine rings is 3. The molecule has 0 spiro atoms. The van der Waals surface area contributed by atoms with Gasteiger partial charge < -0.3 is 29.6 Å². The summed E-state index contributed by atoms with van der Waals surface area (Å²) in [5.41, 5.74) is 7.09. The predicted molar refractivity (Wildman–Crippen MR) is 187 cm³/mol. The summed E-state index contributed by atoms with van der Waals surface area (Å²) in [4.78, 5) is 46.1. The van der Waals surface area contributed by atoms with Gasteiger partial charge in [0.05, 0.1) is 37.7 Å². The summed E-state index contributed by atoms with van der Waals surface area (Å²) in [5.74, 6) is 0.922. The van der Waals surface area contributed by atoms with Crippen LogP contribution in [0.15, 0.2) is 47.5 Å². The second kappa shape index (κ2) is 12.1. The molecule has 12 nitrogen and oxygen atoms in total. The van der Waals surface area contributed by atoms with E-state index in [2.05, 4.69) is 35.7 Å². The van der Waals surface area contributed by atoms with Crippen LogP contribution in [0.3, 0.4) is 0 Å². The molecule has 4 aromatic rings. The number of carbonyl (C=O) groups excluding carboxylic acids is 1. The Morgan fingerprint density at radius 1 is 0.980 bits per heavy atom. The van der Waals surface area contributed by atoms with Crippen LogP contribution >= 0.6 is 0 Å². The predicted octanol–water partition coefficient (Wildman–Crippen LogP) is 3.77. The minimum atomic E-state index is -0.311. The number of H-pyrrole nitrogens is 1. The van der Waals surface area contributed by atoms with Crippen molar-refractivity contribution < 1.29 is 14.6 Å². The molecule has 0 saturated carbocycles. The number of likely N-dealkylation sites (tertiary alicyclic amines) is 1. The third-order valence-corrected chi connectivity index (χ3v) is 11.4. The number of aromatic amines is 1. The van der Waals surface area contributed by atoms with Crippen molar-refractivity contribution in [3.8, 4) is 11.1 Å². The third kappa shape index (κ3) is 5.15. The standard InChI is InChI=1S/C37H42N8O4/c1-22-29(28-10-11-38-35(30(28)19-46)44-13-12-43-32-5-3-2-4-23(32)14-33(43)37(44)48)15-31(36(47)40-22)41-34-9-8-24(16-39-34)45-25-6-7-26(45)18-42(17-25)27-20-49-21-27/h8-11,14-16,25-27,46H,2-7,12-13,17-21H2,1H3,(H,39,41)(H,40,47)/t25-,26+. The summed E-state index contributed by atoms with van der Waals surface area (Å²) in [5, 5.41) is 13.9. The Morgan fingerprint density at radius 3 is 2.53 bits per heavy atom. The van der Waals surface area contributed by atoms with Gasteiger partial charge in [0.25, 0.3) is 11.5 Å². The average Bonchev–Trinajstić information content (AvgIpc) is 3.60. The maximum absolute atomic E-state index is 13.8. The van der Waals surface area contributed by atoms with Gasteiger partial charge in [-0.3, -0.25) is 19.4 Å². The first-order valence-electron chi connectivity index (χ1n) is 17.7. The fourth-order valence-corrected chi connectivity index (χ4v) is 8.80. The molecule has 8 heterocycles. The largest absolute Gasteiger partial charge is 0.392 e. The molecule has 1 amide bonds. The molecule has 3 saturated heterocycles. The lowest BCUT2D eigenvalue weighted by molar-refractivity contribution is -0.0704. The highest BCUT2D eigenvalue weighted by Crippen LogP contribution is 2.38. The number of carbonyl (C=O) groups is 1. The Kier molecular flexibility index (Phi) is 7.55. The minimum Gasteiger partial charge on any atom is -0.392 e. The fourth-order valence-electron chi connectivity index (χ4n) is 8.80. The van der Waals surface area contributed by atoms with Crippen LogP contribution in [-0.4, -0.2) is 86.4 Å². The molecule has 0 unspecified atom stereocenters. The number of rotatable bonds is 7. The summed E-state index contributed by atoms with van der Waals surface area (Å²) in [6, 6.07) is 11.2. The summed E-state index contributed by atoms with van der Waals surface area (Å²) in [7, 11) is 0. The summed E-state index contributed by atoms with van der Waals surface area (Å²) >= 11 is 0. The van der Waals surface area contributed by atoms with Gasteiger partial charge in [0.15, 0.2) is 0 Å². The molecule has 4 aromatic heterocycles. The lowest BCUT2D eigenvalue weighted by atomic mass is 9.98. The van der Waals surface area contributed by atoms with E-state index < -0.39 is 0 Å². The van der Waals surface area contributed by atoms with Crippen molar-refractivity contribution >= 4 is 28.9 Å². The number of aliphatic hydroxyl groups is 1. The number of nitrogens with zero attached hydrogens (tertiary/aromatic N) is 6. The summed E-state index contributed by atoms with van der Waals surface area (Å²) in [6.45, 7) is 6.50. The normalized spacial score (nSPS) is 22.2. The zero-order chi connectivity index (χ0) is 33.2. The number of anilines is 4. The van der Waals surface area contributed by atoms with Gasteiger partial charge in [0, 0.05) is 67.0 Å². The Labute approximate surface area is 284 Å². The van der Waals surface area contributed by atoms with E-state index in [9.17, 15) is 14.7 Å². The molecule has 2 atom stereocenters. The van der Waals surface area contributed by atoms with Gasteiger partial charge in [0.1, 0.15) is 23.0 Å². The number of aliphatic hydroxyl groups excluding tert-OH is 1. The Hall–Kier alpha value is -4.52. The molecule has 1 aliphatic carbocycles. The summed E-state index contributed by atoms with van der Waals surface area (Å²) in [6.07, 6.45) is 10.3. The van der Waals surface area contributed by atoms with E-state index in [1.807, 2.05) is 31.3 Å². The van der Waals surface area contributed by atoms with Gasteiger partial charge in [-0.15, -0.1) is 0 Å². The Balaban J connectivity index is 0.973. The molecule has 254 valence electrons. The molecule has 3 fully saturated rings. The first kappa shape index (κ1) is 30.5. The molecule has 4 aliphatic heterocycles. The quantitative estimate of drug-likeness (QED) is 0.271. The van der Waals surface area contributed by atoms with Crippen LogP contribution in [0.4, 0.5) is 23.0 Å². The van der Waals surface area contributed by atoms with Crippen LogP contribution < -0.4 is 20.7 Å². The Bertz CT molecular complexity index is 1970. The molecular formula is C37H42N8O4. The van der Waals surface area contributed by atoms with E-state index in [4.69, 9.17) is 9.72 Å². The lowest BCUT2D eigenvalue weighted by Crippen LogP contribution is -2.60. The zero-order valence-corrected chi connectivity index (χ0v) is 27.8. The topological polar surface area (TPSA) is 132 Å². The number of fused-ring (bicyclic) bond motifs is 5. The molecular weight excluding hydrogens is 620 g/mol. The van der Waals surface area contributed by atoms with Crippen molar-refractivity contribution in [2.24, 2.45) is 0 Å². The highest BCUT2D eigenvalue weighted by atomic mass is 16.5. The van der Waals surface area contributed by atoms with Crippen LogP contribution in [0.25, 0.3) is 11.1 Å². The second-order valence-electron chi connectivity index (χ2n) is 14.2. The number of aromatic nitrogens is 4. The van der Waals surface area contributed by atoms with Gasteiger partial charge in [-0.05, 0) is 86.9 Å². The average molecular weight is 663 g/mol. The maximum atomic E-state index is 13.8. The van der Waals surface area contributed by atoms with E-state index in [0.29, 0.717) is 71.1 Å². The van der Waals surface area contributed by atoms with Crippen LogP contribution in [0.5, 0.6) is 0 Å². The molecule has 5 aliphatic rings. The number of hydrogen-bond donors (Lipinski definition) is 3. The number of hydrogen-bond acceptors (Lipinski definition) is 9. The molecule has 0 radical (unpaired) electrons. The van der Waals surface area contributed by atoms with E-state index in [0.717, 1.165) is 63.2 Å². The monoisotopic (exact) mass is 662 g/mol. The maximum Gasteiger partial charge on any atom is 0.276 e. The first-order valence-corrected chi connectivity index (χ1v) is 17.7. The zero-order valence-electron chi connectivity index (χ0n) is 27.8. The molecule has 9 rings (SSSR count). The smallest absolute Gasteiger partial charge is 0.276 e. The van der Waals surface area contributed by atoms with Crippen LogP contribution in [0.1, 0.15) is 58.7 Å². The van der Waals surface area contributed by atoms with Crippen LogP contribution in [0.2, 0.25) is 0 Å². The summed E-state index contributed by atoms with van der Waals surface area (Å²) < 4.78 is 7.62. The lowest BCUT2D eigenvalue weighted by Gasteiger charge is -2.47. The van der Waals surface area contributed by atoms with Crippen molar-refractivity contribution in [2.75, 3.05) is 48.0 Å². The van der Waals surface area contributed by atoms with Crippen molar-refractivity contribution in [3.63, 3.8) is 0 Å². The van der Waals surface area contributed by atoms with Crippen molar-refractivity contribution in [1.29, 1.82) is 0 Å². The van der Waals surface area contributed by atoms with E-state index in [-0.39, 0.29) is 18.1 Å². The van der Waals surface area contributed by atoms with Crippen LogP contribution in [0, 0.1) is 6.92 Å². The van der Waals surface area contributed by atoms with Gasteiger partial charge in [-0.2, -0.15) is 0 Å². The molecule has 2 bridgehead atoms. The number of aryl methyl sites for hydroxylation is 2. The van der Waals surface area contributed by atoms with Gasteiger partial charge in [-0.25, -0.2) is 9.97 Å². The van der Waals surface area contributed by atoms with Gasteiger partial charge >= 0.3 is 0 Å². The van der Waals surface area contributed by atoms with Crippen molar-refractivity contribution in [2.45, 2.75) is 76.7 Å². The van der Waals surface area contributed by atoms with Crippen molar-refractivity contribution in [3.05, 3.63) is 81.3 Å². The fraction of sp³-hybridized carbons (Fsp3) is 0.459. The third-order valence-electron chi connectivity index (χ3n) is 11.4. The molecule has 49 heavy (non-hydrogen) atoms. The number of piperazine rings is 1. The van der Waals surface area contributed by atoms with Gasteiger partial charge in [-0.1, -0.05) is 0 Å². The molecule has 12 heteroatoms. The highest BCUT2D eigenvalue weighted by molar-refractivity contribution is 6.06.